The van der Waals surface area contributed by atoms with Gasteiger partial charge in [-0.1, -0.05) is 42.5 Å². The predicted molar refractivity (Wildman–Crippen MR) is 99.2 cm³/mol. The van der Waals surface area contributed by atoms with Gasteiger partial charge in [0.15, 0.2) is 0 Å². The third kappa shape index (κ3) is 8.16. The molecule has 0 saturated carbocycles. The molecule has 1 rings (SSSR count). The summed E-state index contributed by atoms with van der Waals surface area (Å²) >= 11 is 6.77. The van der Waals surface area contributed by atoms with Crippen LogP contribution in [0.2, 0.25) is 0 Å². The summed E-state index contributed by atoms with van der Waals surface area (Å²) in [7, 11) is 1.33. The molecule has 0 unspecified atom stereocenters. The Morgan fingerprint density at radius 3 is 2.62 bits per heavy atom. The van der Waals surface area contributed by atoms with E-state index in [0.29, 0.717) is 11.4 Å². The third-order valence-electron chi connectivity index (χ3n) is 3.04. The van der Waals surface area contributed by atoms with Crippen LogP contribution in [-0.2, 0) is 20.9 Å². The van der Waals surface area contributed by atoms with E-state index < -0.39 is 12.1 Å². The van der Waals surface area contributed by atoms with E-state index in [1.165, 1.54) is 7.11 Å². The minimum absolute atomic E-state index is 0.0930. The summed E-state index contributed by atoms with van der Waals surface area (Å²) < 4.78 is 9.83. The molecule has 24 heavy (non-hydrogen) atoms. The van der Waals surface area contributed by atoms with Crippen molar-refractivity contribution in [1.82, 2.24) is 10.6 Å². The Bertz CT molecular complexity index is 540. The first-order valence-electron chi connectivity index (χ1n) is 7.37. The van der Waals surface area contributed by atoms with Crippen LogP contribution in [0.15, 0.2) is 30.3 Å². The standard InChI is InChI=1S/C16H22N2O4S2/c1-21-15(19)13(8-9-24-2)18-14(23)10-17-16(20)22-11-12-6-4-3-5-7-12/h3-7,13H,8-11H2,1-2H3,(H,17,20)(H,18,23)/t13-/m0/s1. The van der Waals surface area contributed by atoms with Crippen molar-refractivity contribution in [2.75, 3.05) is 25.7 Å². The fourth-order valence-corrected chi connectivity index (χ4v) is 2.48. The molecule has 1 amide bonds. The van der Waals surface area contributed by atoms with Gasteiger partial charge >= 0.3 is 12.1 Å². The number of nitrogens with one attached hydrogen (secondary N) is 2. The highest BCUT2D eigenvalue weighted by Crippen LogP contribution is 2.03. The molecule has 2 N–H and O–H groups in total. The van der Waals surface area contributed by atoms with Gasteiger partial charge in [0.1, 0.15) is 12.6 Å². The van der Waals surface area contributed by atoms with E-state index in [0.717, 1.165) is 11.3 Å². The monoisotopic (exact) mass is 370 g/mol. The number of hydrogen-bond acceptors (Lipinski definition) is 6. The Hall–Kier alpha value is -1.80. The topological polar surface area (TPSA) is 76.7 Å². The van der Waals surface area contributed by atoms with E-state index >= 15 is 0 Å². The smallest absolute Gasteiger partial charge is 0.407 e. The van der Waals surface area contributed by atoms with Crippen molar-refractivity contribution < 1.29 is 19.1 Å². The lowest BCUT2D eigenvalue weighted by Crippen LogP contribution is -2.45. The molecule has 1 aromatic rings. The number of thiocarbonyl (C=S) groups is 1. The molecule has 0 radical (unpaired) electrons. The molecule has 1 aromatic carbocycles. The summed E-state index contributed by atoms with van der Waals surface area (Å²) in [6.07, 6.45) is 1.98. The van der Waals surface area contributed by atoms with Gasteiger partial charge in [0, 0.05) is 0 Å². The second kappa shape index (κ2) is 11.7. The zero-order chi connectivity index (χ0) is 17.8. The van der Waals surface area contributed by atoms with Crippen LogP contribution in [0.4, 0.5) is 4.79 Å². The normalized spacial score (nSPS) is 11.2. The van der Waals surface area contributed by atoms with E-state index in [2.05, 4.69) is 10.6 Å². The van der Waals surface area contributed by atoms with Crippen LogP contribution >= 0.6 is 24.0 Å². The molecule has 1 atom stereocenters. The van der Waals surface area contributed by atoms with Crippen molar-refractivity contribution >= 4 is 41.0 Å². The largest absolute Gasteiger partial charge is 0.467 e. The lowest BCUT2D eigenvalue weighted by Gasteiger charge is -2.18. The quantitative estimate of drug-likeness (QED) is 0.509. The molecule has 0 aromatic heterocycles. The maximum atomic E-state index is 11.7. The highest BCUT2D eigenvalue weighted by atomic mass is 32.2. The number of carbonyl (C=O) groups excluding carboxylic acids is 2. The van der Waals surface area contributed by atoms with Gasteiger partial charge < -0.3 is 20.1 Å². The molecular formula is C16H22N2O4S2. The van der Waals surface area contributed by atoms with Gasteiger partial charge in [0.2, 0.25) is 0 Å². The molecule has 6 nitrogen and oxygen atoms in total. The van der Waals surface area contributed by atoms with Gasteiger partial charge in [-0.15, -0.1) is 0 Å². The van der Waals surface area contributed by atoms with Crippen molar-refractivity contribution in [3.8, 4) is 0 Å². The lowest BCUT2D eigenvalue weighted by atomic mass is 10.2. The van der Waals surface area contributed by atoms with Crippen molar-refractivity contribution in [1.29, 1.82) is 0 Å². The fraction of sp³-hybridized carbons (Fsp3) is 0.438. The first kappa shape index (κ1) is 20.2. The number of alkyl carbamates (subject to hydrolysis) is 1. The molecule has 0 aliphatic rings. The van der Waals surface area contributed by atoms with Crippen LogP contribution in [0.3, 0.4) is 0 Å². The van der Waals surface area contributed by atoms with E-state index in [9.17, 15) is 9.59 Å². The van der Waals surface area contributed by atoms with Gasteiger partial charge in [-0.05, 0) is 24.0 Å². The zero-order valence-corrected chi connectivity index (χ0v) is 15.4. The number of methoxy groups -OCH3 is 1. The Morgan fingerprint density at radius 1 is 1.29 bits per heavy atom. The fourth-order valence-electron chi connectivity index (χ4n) is 1.80. The molecule has 0 spiro atoms. The second-order valence-electron chi connectivity index (χ2n) is 4.84. The first-order chi connectivity index (χ1) is 11.6. The molecule has 132 valence electrons. The van der Waals surface area contributed by atoms with Crippen LogP contribution in [0.5, 0.6) is 0 Å². The molecule has 0 bridgehead atoms. The molecule has 0 fully saturated rings. The Labute approximate surface area is 151 Å². The highest BCUT2D eigenvalue weighted by Gasteiger charge is 2.19. The number of benzene rings is 1. The Balaban J connectivity index is 2.32. The number of rotatable bonds is 9. The average Bonchev–Trinajstić information content (AvgIpc) is 2.61. The number of esters is 1. The third-order valence-corrected chi connectivity index (χ3v) is 3.94. The van der Waals surface area contributed by atoms with E-state index in [4.69, 9.17) is 21.7 Å². The predicted octanol–water partition coefficient (Wildman–Crippen LogP) is 2.12. The number of carbonyl (C=O) groups is 2. The van der Waals surface area contributed by atoms with Crippen LogP contribution < -0.4 is 10.6 Å². The van der Waals surface area contributed by atoms with Crippen molar-refractivity contribution in [2.24, 2.45) is 0 Å². The first-order valence-corrected chi connectivity index (χ1v) is 9.17. The van der Waals surface area contributed by atoms with Crippen LogP contribution in [0.25, 0.3) is 0 Å². The van der Waals surface area contributed by atoms with Gasteiger partial charge in [-0.3, -0.25) is 0 Å². The minimum atomic E-state index is -0.568. The van der Waals surface area contributed by atoms with Crippen molar-refractivity contribution in [2.45, 2.75) is 19.1 Å². The van der Waals surface area contributed by atoms with Gasteiger partial charge in [0.05, 0.1) is 18.6 Å². The van der Waals surface area contributed by atoms with E-state index in [-0.39, 0.29) is 19.1 Å². The molecule has 0 aliphatic heterocycles. The molecule has 8 heteroatoms. The summed E-state index contributed by atoms with van der Waals surface area (Å²) in [5.41, 5.74) is 0.899. The number of ether oxygens (including phenoxy) is 2. The summed E-state index contributed by atoms with van der Waals surface area (Å²) in [6.45, 7) is 0.279. The van der Waals surface area contributed by atoms with E-state index in [1.807, 2.05) is 36.6 Å². The zero-order valence-electron chi connectivity index (χ0n) is 13.7. The number of hydrogen-bond donors (Lipinski definition) is 2. The lowest BCUT2D eigenvalue weighted by molar-refractivity contribution is -0.142. The van der Waals surface area contributed by atoms with Crippen molar-refractivity contribution in [3.63, 3.8) is 0 Å². The summed E-state index contributed by atoms with van der Waals surface area (Å²) in [5.74, 6) is 0.417. The van der Waals surface area contributed by atoms with Crippen LogP contribution in [0, 0.1) is 0 Å². The van der Waals surface area contributed by atoms with Gasteiger partial charge in [-0.25, -0.2) is 9.59 Å². The van der Waals surface area contributed by atoms with Crippen molar-refractivity contribution in [3.05, 3.63) is 35.9 Å². The summed E-state index contributed by atoms with van der Waals surface area (Å²) in [4.78, 5) is 23.7. The minimum Gasteiger partial charge on any atom is -0.467 e. The van der Waals surface area contributed by atoms with Gasteiger partial charge in [0.25, 0.3) is 0 Å². The van der Waals surface area contributed by atoms with Crippen LogP contribution in [0.1, 0.15) is 12.0 Å². The maximum Gasteiger partial charge on any atom is 0.407 e. The highest BCUT2D eigenvalue weighted by molar-refractivity contribution is 7.98. The SMILES string of the molecule is COC(=O)[C@H](CCSC)NC(=S)CNC(=O)OCc1ccccc1. The molecule has 0 heterocycles. The molecule has 0 saturated heterocycles. The summed E-state index contributed by atoms with van der Waals surface area (Å²) in [5, 5.41) is 5.45. The maximum absolute atomic E-state index is 11.7. The van der Waals surface area contributed by atoms with Crippen LogP contribution in [-0.4, -0.2) is 48.8 Å². The number of thioether (sulfide) groups is 1. The van der Waals surface area contributed by atoms with Gasteiger partial charge in [-0.2, -0.15) is 11.8 Å². The number of amides is 1. The Morgan fingerprint density at radius 2 is 2.00 bits per heavy atom. The Kier molecular flexibility index (Phi) is 9.86. The molecular weight excluding hydrogens is 348 g/mol. The average molecular weight is 370 g/mol. The second-order valence-corrected chi connectivity index (χ2v) is 6.32. The van der Waals surface area contributed by atoms with E-state index in [1.54, 1.807) is 11.8 Å². The molecule has 0 aliphatic carbocycles. The summed E-state index contributed by atoms with van der Waals surface area (Å²) in [6, 6.07) is 8.85.